The van der Waals surface area contributed by atoms with Crippen molar-refractivity contribution >= 4 is 29.0 Å². The maximum atomic E-state index is 15.7. The van der Waals surface area contributed by atoms with Gasteiger partial charge in [-0.2, -0.15) is 0 Å². The second kappa shape index (κ2) is 12.4. The summed E-state index contributed by atoms with van der Waals surface area (Å²) in [6.45, 7) is 7.31. The SMILES string of the molecule is Cn1cc(-c2cccc(NC(=O)c3ccc(C(C)(C)C)nc3)c2F)nc(Nc2ccc(C(=O)N3CCC(N)CC3)cc2)c1=O. The van der Waals surface area contributed by atoms with E-state index in [4.69, 9.17) is 5.73 Å². The lowest BCUT2D eigenvalue weighted by Gasteiger charge is -2.30. The lowest BCUT2D eigenvalue weighted by molar-refractivity contribution is 0.0714. The molecule has 5 rings (SSSR count). The molecule has 2 amide bonds. The lowest BCUT2D eigenvalue weighted by atomic mass is 9.91. The van der Waals surface area contributed by atoms with Crippen molar-refractivity contribution in [2.45, 2.75) is 45.1 Å². The molecule has 10 nitrogen and oxygen atoms in total. The van der Waals surface area contributed by atoms with E-state index in [1.807, 2.05) is 20.8 Å². The van der Waals surface area contributed by atoms with E-state index in [0.29, 0.717) is 29.9 Å². The Morgan fingerprint density at radius 1 is 1.00 bits per heavy atom. The Hall–Kier alpha value is -4.90. The lowest BCUT2D eigenvalue weighted by Crippen LogP contribution is -2.42. The van der Waals surface area contributed by atoms with E-state index in [0.717, 1.165) is 18.5 Å². The Morgan fingerprint density at radius 2 is 1.68 bits per heavy atom. The van der Waals surface area contributed by atoms with Gasteiger partial charge >= 0.3 is 0 Å². The maximum Gasteiger partial charge on any atom is 0.293 e. The molecule has 1 fully saturated rings. The summed E-state index contributed by atoms with van der Waals surface area (Å²) < 4.78 is 17.0. The Balaban J connectivity index is 1.34. The molecule has 2 aromatic heterocycles. The van der Waals surface area contributed by atoms with Crippen LogP contribution in [0.3, 0.4) is 0 Å². The number of nitrogens with zero attached hydrogens (tertiary/aromatic N) is 4. The zero-order valence-corrected chi connectivity index (χ0v) is 25.2. The number of aromatic nitrogens is 3. The van der Waals surface area contributed by atoms with Crippen LogP contribution in [-0.4, -0.2) is 50.4 Å². The monoisotopic (exact) mass is 597 g/mol. The van der Waals surface area contributed by atoms with Crippen molar-refractivity contribution < 1.29 is 14.0 Å². The fourth-order valence-electron chi connectivity index (χ4n) is 4.93. The molecule has 2 aromatic carbocycles. The molecular weight excluding hydrogens is 561 g/mol. The highest BCUT2D eigenvalue weighted by Gasteiger charge is 2.22. The number of anilines is 3. The Bertz CT molecular complexity index is 1740. The van der Waals surface area contributed by atoms with Gasteiger partial charge in [0.1, 0.15) is 0 Å². The minimum Gasteiger partial charge on any atom is -0.339 e. The van der Waals surface area contributed by atoms with Gasteiger partial charge in [-0.25, -0.2) is 9.37 Å². The fraction of sp³-hybridized carbons (Fsp3) is 0.303. The number of hydrogen-bond donors (Lipinski definition) is 3. The average Bonchev–Trinajstić information content (AvgIpc) is 3.00. The highest BCUT2D eigenvalue weighted by molar-refractivity contribution is 6.04. The average molecular weight is 598 g/mol. The number of halogens is 1. The van der Waals surface area contributed by atoms with Crippen LogP contribution < -0.4 is 21.9 Å². The topological polar surface area (TPSA) is 135 Å². The van der Waals surface area contributed by atoms with Crippen molar-refractivity contribution in [1.29, 1.82) is 0 Å². The van der Waals surface area contributed by atoms with Gasteiger partial charge < -0.3 is 25.8 Å². The van der Waals surface area contributed by atoms with Crippen molar-refractivity contribution in [3.8, 4) is 11.3 Å². The Kier molecular flexibility index (Phi) is 8.59. The number of amides is 2. The molecule has 0 aliphatic carbocycles. The van der Waals surface area contributed by atoms with E-state index >= 15 is 4.39 Å². The second-order valence-corrected chi connectivity index (χ2v) is 12.0. The number of pyridine rings is 1. The van der Waals surface area contributed by atoms with E-state index in [-0.39, 0.29) is 40.1 Å². The first-order chi connectivity index (χ1) is 20.9. The van der Waals surface area contributed by atoms with Gasteiger partial charge in [-0.15, -0.1) is 0 Å². The van der Waals surface area contributed by atoms with Crippen LogP contribution in [0.4, 0.5) is 21.6 Å². The Morgan fingerprint density at radius 3 is 2.32 bits per heavy atom. The molecule has 0 spiro atoms. The molecule has 0 unspecified atom stereocenters. The third-order valence-corrected chi connectivity index (χ3v) is 7.61. The summed E-state index contributed by atoms with van der Waals surface area (Å²) in [6, 6.07) is 14.9. The van der Waals surface area contributed by atoms with Crippen LogP contribution in [0.25, 0.3) is 11.3 Å². The van der Waals surface area contributed by atoms with Crippen molar-refractivity contribution in [2.75, 3.05) is 23.7 Å². The molecule has 1 aliphatic rings. The number of likely N-dealkylation sites (tertiary alicyclic amines) is 1. The first-order valence-electron chi connectivity index (χ1n) is 14.5. The van der Waals surface area contributed by atoms with Crippen LogP contribution >= 0.6 is 0 Å². The summed E-state index contributed by atoms with van der Waals surface area (Å²) in [5.41, 5.74) is 7.81. The molecular formula is C33H36FN7O3. The zero-order chi connectivity index (χ0) is 31.6. The van der Waals surface area contributed by atoms with Gasteiger partial charge in [0, 0.05) is 66.5 Å². The number of piperidine rings is 1. The van der Waals surface area contributed by atoms with E-state index in [1.54, 1.807) is 54.4 Å². The molecule has 0 saturated carbocycles. The van der Waals surface area contributed by atoms with Crippen LogP contribution in [0.5, 0.6) is 0 Å². The van der Waals surface area contributed by atoms with Crippen molar-refractivity contribution in [1.82, 2.24) is 19.4 Å². The maximum absolute atomic E-state index is 15.7. The minimum atomic E-state index is -0.696. The molecule has 44 heavy (non-hydrogen) atoms. The summed E-state index contributed by atoms with van der Waals surface area (Å²) in [5.74, 6) is -1.29. The van der Waals surface area contributed by atoms with Gasteiger partial charge in [-0.1, -0.05) is 26.8 Å². The normalized spacial score (nSPS) is 13.9. The summed E-state index contributed by atoms with van der Waals surface area (Å²) >= 11 is 0. The zero-order valence-electron chi connectivity index (χ0n) is 25.2. The largest absolute Gasteiger partial charge is 0.339 e. The third-order valence-electron chi connectivity index (χ3n) is 7.61. The summed E-state index contributed by atoms with van der Waals surface area (Å²) in [4.78, 5) is 49.2. The first-order valence-corrected chi connectivity index (χ1v) is 14.5. The predicted octanol–water partition coefficient (Wildman–Crippen LogP) is 4.84. The predicted molar refractivity (Wildman–Crippen MR) is 169 cm³/mol. The van der Waals surface area contributed by atoms with Crippen LogP contribution in [0.15, 0.2) is 71.8 Å². The molecule has 1 aliphatic heterocycles. The van der Waals surface area contributed by atoms with Gasteiger partial charge in [-0.05, 0) is 61.4 Å². The molecule has 11 heteroatoms. The summed E-state index contributed by atoms with van der Waals surface area (Å²) in [5, 5.41) is 5.60. The van der Waals surface area contributed by atoms with Gasteiger partial charge in [0.05, 0.1) is 16.9 Å². The van der Waals surface area contributed by atoms with E-state index in [9.17, 15) is 14.4 Å². The van der Waals surface area contributed by atoms with Gasteiger partial charge in [0.2, 0.25) is 0 Å². The van der Waals surface area contributed by atoms with Gasteiger partial charge in [0.25, 0.3) is 17.4 Å². The number of nitrogens with one attached hydrogen (secondary N) is 2. The number of carbonyl (C=O) groups is 2. The molecule has 0 radical (unpaired) electrons. The highest BCUT2D eigenvalue weighted by Crippen LogP contribution is 2.28. The smallest absolute Gasteiger partial charge is 0.293 e. The van der Waals surface area contributed by atoms with Gasteiger partial charge in [0.15, 0.2) is 11.6 Å². The highest BCUT2D eigenvalue weighted by atomic mass is 19.1. The van der Waals surface area contributed by atoms with Crippen molar-refractivity contribution in [3.05, 3.63) is 100.0 Å². The number of nitrogens with two attached hydrogens (primary N) is 1. The molecule has 1 saturated heterocycles. The molecule has 3 heterocycles. The second-order valence-electron chi connectivity index (χ2n) is 12.0. The number of aryl methyl sites for hydroxylation is 1. The van der Waals surface area contributed by atoms with Crippen molar-refractivity contribution in [3.63, 3.8) is 0 Å². The van der Waals surface area contributed by atoms with Crippen LogP contribution in [-0.2, 0) is 12.5 Å². The van der Waals surface area contributed by atoms with Crippen LogP contribution in [0.2, 0.25) is 0 Å². The summed E-state index contributed by atoms with van der Waals surface area (Å²) in [6.07, 6.45) is 4.44. The Labute approximate surface area is 255 Å². The third kappa shape index (κ3) is 6.68. The van der Waals surface area contributed by atoms with E-state index in [1.165, 1.54) is 29.1 Å². The standard InChI is InChI=1S/C33H36FN7O3/c1-33(2,3)27-13-10-21(18-36-27)30(42)39-25-7-5-6-24(28(25)34)26-19-40(4)32(44)29(38-26)37-23-11-8-20(9-12-23)31(43)41-16-14-22(35)15-17-41/h5-13,18-19,22H,14-17,35H2,1-4H3,(H,37,38)(H,39,42). The van der Waals surface area contributed by atoms with E-state index in [2.05, 4.69) is 20.6 Å². The molecule has 0 bridgehead atoms. The van der Waals surface area contributed by atoms with E-state index < -0.39 is 17.3 Å². The molecule has 0 atom stereocenters. The molecule has 4 N–H and O–H groups in total. The number of rotatable bonds is 6. The quantitative estimate of drug-likeness (QED) is 0.290. The van der Waals surface area contributed by atoms with Crippen molar-refractivity contribution in [2.24, 2.45) is 12.8 Å². The summed E-state index contributed by atoms with van der Waals surface area (Å²) in [7, 11) is 1.54. The number of carbonyl (C=O) groups excluding carboxylic acids is 2. The first kappa shape index (κ1) is 30.6. The number of benzene rings is 2. The van der Waals surface area contributed by atoms with Crippen LogP contribution in [0, 0.1) is 5.82 Å². The van der Waals surface area contributed by atoms with Crippen LogP contribution in [0.1, 0.15) is 60.0 Å². The number of hydrogen-bond acceptors (Lipinski definition) is 7. The molecule has 4 aromatic rings. The molecule has 228 valence electrons. The minimum absolute atomic E-state index is 0.0204. The van der Waals surface area contributed by atoms with Gasteiger partial charge in [-0.3, -0.25) is 19.4 Å². The fourth-order valence-corrected chi connectivity index (χ4v) is 4.93.